The molecule has 2 heterocycles. The van der Waals surface area contributed by atoms with Crippen molar-refractivity contribution < 1.29 is 4.79 Å². The summed E-state index contributed by atoms with van der Waals surface area (Å²) in [7, 11) is 0. The predicted octanol–water partition coefficient (Wildman–Crippen LogP) is 1.86. The fraction of sp³-hybridized carbons (Fsp3) is 0.188. The highest BCUT2D eigenvalue weighted by atomic mass is 16.1. The summed E-state index contributed by atoms with van der Waals surface area (Å²) in [5.41, 5.74) is 3.42. The minimum atomic E-state index is -0.0323. The molecule has 0 radical (unpaired) electrons. The summed E-state index contributed by atoms with van der Waals surface area (Å²) in [6, 6.07) is 11.9. The zero-order valence-electron chi connectivity index (χ0n) is 11.5. The van der Waals surface area contributed by atoms with Gasteiger partial charge in [-0.1, -0.05) is 30.3 Å². The number of hydrogen-bond donors (Lipinski definition) is 2. The van der Waals surface area contributed by atoms with Gasteiger partial charge in [0.15, 0.2) is 5.65 Å². The quantitative estimate of drug-likeness (QED) is 0.749. The van der Waals surface area contributed by atoms with Crippen LogP contribution in [0.2, 0.25) is 0 Å². The van der Waals surface area contributed by atoms with Crippen LogP contribution in [0.25, 0.3) is 11.2 Å². The highest BCUT2D eigenvalue weighted by Gasteiger charge is 2.06. The van der Waals surface area contributed by atoms with Gasteiger partial charge >= 0.3 is 0 Å². The van der Waals surface area contributed by atoms with Gasteiger partial charge in [0, 0.05) is 12.7 Å². The Morgan fingerprint density at radius 2 is 2.05 bits per heavy atom. The van der Waals surface area contributed by atoms with E-state index >= 15 is 0 Å². The van der Waals surface area contributed by atoms with Crippen molar-refractivity contribution in [2.75, 3.05) is 6.54 Å². The molecule has 1 amide bonds. The molecule has 2 aromatic heterocycles. The number of nitrogens with zero attached hydrogens (tertiary/aromatic N) is 2. The summed E-state index contributed by atoms with van der Waals surface area (Å²) in [4.78, 5) is 23.5. The van der Waals surface area contributed by atoms with E-state index in [1.807, 2.05) is 24.3 Å². The van der Waals surface area contributed by atoms with Crippen LogP contribution in [0.4, 0.5) is 0 Å². The number of carbonyl (C=O) groups excluding carboxylic acids is 1. The normalized spacial score (nSPS) is 10.7. The molecule has 2 N–H and O–H groups in total. The lowest BCUT2D eigenvalue weighted by atomic mass is 10.1. The first-order valence-corrected chi connectivity index (χ1v) is 6.91. The monoisotopic (exact) mass is 280 g/mol. The van der Waals surface area contributed by atoms with Crippen LogP contribution in [0.1, 0.15) is 11.3 Å². The molecule has 1 aromatic carbocycles. The average molecular weight is 280 g/mol. The molecule has 0 atom stereocenters. The number of nitrogens with one attached hydrogen (secondary N) is 2. The molecule has 21 heavy (non-hydrogen) atoms. The smallest absolute Gasteiger partial charge is 0.226 e. The zero-order valence-corrected chi connectivity index (χ0v) is 11.5. The third-order valence-electron chi connectivity index (χ3n) is 3.23. The summed E-state index contributed by atoms with van der Waals surface area (Å²) in [5, 5.41) is 2.91. The second-order valence-electron chi connectivity index (χ2n) is 4.84. The molecule has 0 aliphatic carbocycles. The lowest BCUT2D eigenvalue weighted by Gasteiger charge is -2.05. The van der Waals surface area contributed by atoms with Gasteiger partial charge < -0.3 is 10.3 Å². The van der Waals surface area contributed by atoms with Crippen molar-refractivity contribution in [2.45, 2.75) is 12.8 Å². The molecule has 3 rings (SSSR count). The molecule has 0 saturated carbocycles. The molecule has 106 valence electrons. The van der Waals surface area contributed by atoms with E-state index in [4.69, 9.17) is 0 Å². The fourth-order valence-corrected chi connectivity index (χ4v) is 2.17. The number of benzene rings is 1. The molecule has 3 aromatic rings. The van der Waals surface area contributed by atoms with Crippen molar-refractivity contribution in [3.63, 3.8) is 0 Å². The van der Waals surface area contributed by atoms with Crippen molar-refractivity contribution in [3.8, 4) is 0 Å². The molecular weight excluding hydrogens is 264 g/mol. The number of fused-ring (bicyclic) bond motifs is 1. The molecule has 5 nitrogen and oxygen atoms in total. The van der Waals surface area contributed by atoms with Gasteiger partial charge in [-0.05, 0) is 18.1 Å². The van der Waals surface area contributed by atoms with Crippen LogP contribution < -0.4 is 5.32 Å². The molecule has 0 fully saturated rings. The van der Waals surface area contributed by atoms with Crippen LogP contribution in [0.3, 0.4) is 0 Å². The lowest BCUT2D eigenvalue weighted by molar-refractivity contribution is -0.120. The maximum Gasteiger partial charge on any atom is 0.226 e. The fourth-order valence-electron chi connectivity index (χ4n) is 2.17. The number of aromatic amines is 1. The molecule has 0 unspecified atom stereocenters. The van der Waals surface area contributed by atoms with Crippen LogP contribution in [0.15, 0.2) is 48.8 Å². The number of aromatic nitrogens is 3. The maximum atomic E-state index is 11.9. The SMILES string of the molecule is O=C(Cc1cnc2[nH]ccc2n1)NCCc1ccccc1. The number of H-pyrrole nitrogens is 1. The third-order valence-corrected chi connectivity index (χ3v) is 3.23. The molecule has 5 heteroatoms. The first-order chi connectivity index (χ1) is 10.3. The Labute approximate surface area is 122 Å². The maximum absolute atomic E-state index is 11.9. The standard InChI is InChI=1S/C16H16N4O/c21-15(17-8-6-12-4-2-1-3-5-12)10-13-11-19-16-14(20-13)7-9-18-16/h1-5,7,9,11H,6,8,10H2,(H,17,21)(H,18,19). The predicted molar refractivity (Wildman–Crippen MR) is 80.7 cm³/mol. The largest absolute Gasteiger partial charge is 0.355 e. The average Bonchev–Trinajstić information content (AvgIpc) is 2.96. The van der Waals surface area contributed by atoms with Gasteiger partial charge in [-0.3, -0.25) is 4.79 Å². The van der Waals surface area contributed by atoms with Gasteiger partial charge in [-0.2, -0.15) is 0 Å². The van der Waals surface area contributed by atoms with Gasteiger partial charge in [-0.25, -0.2) is 9.97 Å². The highest BCUT2D eigenvalue weighted by Crippen LogP contribution is 2.07. The number of amides is 1. The van der Waals surface area contributed by atoms with Gasteiger partial charge in [-0.15, -0.1) is 0 Å². The number of carbonyl (C=O) groups is 1. The summed E-state index contributed by atoms with van der Waals surface area (Å²) in [5.74, 6) is -0.0323. The summed E-state index contributed by atoms with van der Waals surface area (Å²) in [6.07, 6.45) is 4.50. The van der Waals surface area contributed by atoms with Crippen molar-refractivity contribution in [3.05, 3.63) is 60.0 Å². The van der Waals surface area contributed by atoms with E-state index in [0.29, 0.717) is 12.2 Å². The van der Waals surface area contributed by atoms with Gasteiger partial charge in [0.1, 0.15) is 5.52 Å². The van der Waals surface area contributed by atoms with E-state index in [0.717, 1.165) is 17.6 Å². The Balaban J connectivity index is 1.51. The Morgan fingerprint density at radius 1 is 1.19 bits per heavy atom. The molecular formula is C16H16N4O. The van der Waals surface area contributed by atoms with E-state index < -0.39 is 0 Å². The Kier molecular flexibility index (Phi) is 3.91. The summed E-state index contributed by atoms with van der Waals surface area (Å²) < 4.78 is 0. The zero-order chi connectivity index (χ0) is 14.5. The second kappa shape index (κ2) is 6.17. The molecule has 0 aliphatic rings. The van der Waals surface area contributed by atoms with Crippen LogP contribution in [0, 0.1) is 0 Å². The van der Waals surface area contributed by atoms with Crippen LogP contribution in [-0.2, 0) is 17.6 Å². The Morgan fingerprint density at radius 3 is 2.90 bits per heavy atom. The molecule has 0 saturated heterocycles. The Bertz CT molecular complexity index is 736. The Hall–Kier alpha value is -2.69. The number of rotatable bonds is 5. The van der Waals surface area contributed by atoms with E-state index in [2.05, 4.69) is 32.4 Å². The van der Waals surface area contributed by atoms with Gasteiger partial charge in [0.2, 0.25) is 5.91 Å². The van der Waals surface area contributed by atoms with Crippen LogP contribution in [0.5, 0.6) is 0 Å². The summed E-state index contributed by atoms with van der Waals surface area (Å²) in [6.45, 7) is 0.628. The van der Waals surface area contributed by atoms with Crippen molar-refractivity contribution >= 4 is 17.1 Å². The lowest BCUT2D eigenvalue weighted by Crippen LogP contribution is -2.27. The minimum Gasteiger partial charge on any atom is -0.355 e. The third kappa shape index (κ3) is 3.45. The number of hydrogen-bond acceptors (Lipinski definition) is 3. The van der Waals surface area contributed by atoms with E-state index in [1.165, 1.54) is 5.56 Å². The topological polar surface area (TPSA) is 70.7 Å². The van der Waals surface area contributed by atoms with Crippen molar-refractivity contribution in [2.24, 2.45) is 0 Å². The van der Waals surface area contributed by atoms with Crippen LogP contribution in [-0.4, -0.2) is 27.4 Å². The highest BCUT2D eigenvalue weighted by molar-refractivity contribution is 5.79. The first kappa shape index (κ1) is 13.3. The first-order valence-electron chi connectivity index (χ1n) is 6.91. The minimum absolute atomic E-state index is 0.0323. The molecule has 0 aliphatic heterocycles. The molecule has 0 spiro atoms. The van der Waals surface area contributed by atoms with E-state index in [-0.39, 0.29) is 12.3 Å². The summed E-state index contributed by atoms with van der Waals surface area (Å²) >= 11 is 0. The van der Waals surface area contributed by atoms with Crippen molar-refractivity contribution in [1.29, 1.82) is 0 Å². The molecule has 0 bridgehead atoms. The van der Waals surface area contributed by atoms with Crippen molar-refractivity contribution in [1.82, 2.24) is 20.3 Å². The van der Waals surface area contributed by atoms with E-state index in [1.54, 1.807) is 12.4 Å². The second-order valence-corrected chi connectivity index (χ2v) is 4.84. The van der Waals surface area contributed by atoms with E-state index in [9.17, 15) is 4.79 Å². The van der Waals surface area contributed by atoms with Crippen LogP contribution >= 0.6 is 0 Å². The van der Waals surface area contributed by atoms with Gasteiger partial charge in [0.05, 0.1) is 18.3 Å². The van der Waals surface area contributed by atoms with Gasteiger partial charge in [0.25, 0.3) is 0 Å².